The second kappa shape index (κ2) is 12.5. The first-order valence-electron chi connectivity index (χ1n) is 19.6. The molecule has 0 saturated carbocycles. The van der Waals surface area contributed by atoms with Crippen LogP contribution in [0, 0.1) is 12.1 Å². The summed E-state index contributed by atoms with van der Waals surface area (Å²) in [6, 6.07) is 73.2. The molecule has 0 bridgehead atoms. The number of carbonyl (C=O) groups is 1. The van der Waals surface area contributed by atoms with Crippen LogP contribution in [0.25, 0.3) is 105 Å². The second-order valence-electron chi connectivity index (χ2n) is 15.2. The van der Waals surface area contributed by atoms with Crippen molar-refractivity contribution >= 4 is 49.4 Å². The van der Waals surface area contributed by atoms with Gasteiger partial charge in [0.2, 0.25) is 0 Å². The fourth-order valence-electron chi connectivity index (χ4n) is 9.16. The lowest BCUT2D eigenvalue weighted by Crippen LogP contribution is -1.95. The molecular weight excluding hydrogens is 705 g/mol. The van der Waals surface area contributed by atoms with Crippen molar-refractivity contribution in [2.75, 3.05) is 0 Å². The molecule has 0 amide bonds. The van der Waals surface area contributed by atoms with Gasteiger partial charge in [0.15, 0.2) is 5.78 Å². The Morgan fingerprint density at radius 1 is 0.431 bits per heavy atom. The van der Waals surface area contributed by atoms with Crippen LogP contribution in [-0.4, -0.2) is 15.3 Å². The van der Waals surface area contributed by atoms with Crippen molar-refractivity contribution in [1.82, 2.24) is 9.55 Å². The van der Waals surface area contributed by atoms with Crippen LogP contribution >= 0.6 is 0 Å². The third kappa shape index (κ3) is 4.92. The van der Waals surface area contributed by atoms with Crippen LogP contribution in [-0.2, 0) is 0 Å². The minimum Gasteiger partial charge on any atom is -0.354 e. The molecule has 0 saturated heterocycles. The van der Waals surface area contributed by atoms with E-state index < -0.39 is 0 Å². The molecule has 2 aromatic heterocycles. The molecule has 3 nitrogen and oxygen atoms in total. The maximum atomic E-state index is 13.6. The van der Waals surface area contributed by atoms with Crippen molar-refractivity contribution in [3.63, 3.8) is 0 Å². The van der Waals surface area contributed by atoms with Crippen LogP contribution < -0.4 is 0 Å². The highest BCUT2D eigenvalue weighted by Crippen LogP contribution is 2.43. The highest BCUT2D eigenvalue weighted by Gasteiger charge is 2.29. The molecule has 2 heterocycles. The molecule has 1 aliphatic carbocycles. The van der Waals surface area contributed by atoms with E-state index in [-0.39, 0.29) is 5.78 Å². The van der Waals surface area contributed by atoms with Gasteiger partial charge < -0.3 is 9.55 Å². The number of fused-ring (bicyclic) bond motifs is 10. The van der Waals surface area contributed by atoms with Crippen molar-refractivity contribution in [1.29, 1.82) is 0 Å². The van der Waals surface area contributed by atoms with Crippen LogP contribution in [0.4, 0.5) is 0 Å². The van der Waals surface area contributed by atoms with Gasteiger partial charge in [-0.05, 0) is 128 Å². The average Bonchev–Trinajstić information content (AvgIpc) is 3.93. The SMILES string of the molecule is O=C1c2ccccc2-c2ccc3c([nH]c4ccc(-c5ccc6c(c5)c5ccc#cc5n6-c5cccc(-c6cc(-c7ccccc7)cc(-c7ccccc7)c6)c5)cc43)c21. The van der Waals surface area contributed by atoms with E-state index in [0.717, 1.165) is 93.8 Å². The molecule has 11 aromatic rings. The fraction of sp³-hybridized carbons (Fsp3) is 0. The molecule has 12 rings (SSSR count). The van der Waals surface area contributed by atoms with Crippen molar-refractivity contribution in [3.05, 3.63) is 211 Å². The minimum atomic E-state index is 0.0852. The van der Waals surface area contributed by atoms with Gasteiger partial charge in [0.05, 0.1) is 16.6 Å². The van der Waals surface area contributed by atoms with Crippen LogP contribution in [0.5, 0.6) is 0 Å². The third-order valence-electron chi connectivity index (χ3n) is 11.9. The Bertz CT molecular complexity index is 3400. The minimum absolute atomic E-state index is 0.0852. The summed E-state index contributed by atoms with van der Waals surface area (Å²) in [5, 5.41) is 4.44. The molecule has 3 heteroatoms. The fourth-order valence-corrected chi connectivity index (χ4v) is 9.16. The first-order valence-corrected chi connectivity index (χ1v) is 19.6. The monoisotopic (exact) mass is 736 g/mol. The van der Waals surface area contributed by atoms with Gasteiger partial charge in [0.1, 0.15) is 5.52 Å². The van der Waals surface area contributed by atoms with E-state index in [1.807, 2.05) is 30.3 Å². The summed E-state index contributed by atoms with van der Waals surface area (Å²) in [7, 11) is 0. The summed E-state index contributed by atoms with van der Waals surface area (Å²) in [6.07, 6.45) is 0. The van der Waals surface area contributed by atoms with E-state index in [2.05, 4.69) is 179 Å². The van der Waals surface area contributed by atoms with Gasteiger partial charge in [-0.15, -0.1) is 0 Å². The van der Waals surface area contributed by atoms with Gasteiger partial charge in [0.25, 0.3) is 0 Å². The summed E-state index contributed by atoms with van der Waals surface area (Å²) in [5.41, 5.74) is 17.9. The summed E-state index contributed by atoms with van der Waals surface area (Å²) in [4.78, 5) is 17.2. The molecule has 268 valence electrons. The van der Waals surface area contributed by atoms with Gasteiger partial charge in [-0.25, -0.2) is 0 Å². The first-order chi connectivity index (χ1) is 28.7. The van der Waals surface area contributed by atoms with E-state index in [0.29, 0.717) is 0 Å². The van der Waals surface area contributed by atoms with Gasteiger partial charge in [-0.1, -0.05) is 127 Å². The highest BCUT2D eigenvalue weighted by atomic mass is 16.1. The Hall–Kier alpha value is -7.93. The van der Waals surface area contributed by atoms with E-state index in [9.17, 15) is 4.79 Å². The van der Waals surface area contributed by atoms with Gasteiger partial charge in [0, 0.05) is 38.3 Å². The lowest BCUT2D eigenvalue weighted by molar-refractivity contribution is 0.104. The molecule has 0 aliphatic heterocycles. The first kappa shape index (κ1) is 32.3. The van der Waals surface area contributed by atoms with Gasteiger partial charge in [-0.2, -0.15) is 0 Å². The van der Waals surface area contributed by atoms with Crippen molar-refractivity contribution in [2.45, 2.75) is 0 Å². The maximum Gasteiger partial charge on any atom is 0.196 e. The van der Waals surface area contributed by atoms with Crippen LogP contribution in [0.3, 0.4) is 0 Å². The Labute approximate surface area is 335 Å². The Balaban J connectivity index is 0.975. The molecular formula is C55H32N2O. The number of carbonyl (C=O) groups excluding carboxylic acids is 1. The highest BCUT2D eigenvalue weighted by molar-refractivity contribution is 6.29. The predicted molar refractivity (Wildman–Crippen MR) is 238 cm³/mol. The zero-order valence-corrected chi connectivity index (χ0v) is 31.3. The summed E-state index contributed by atoms with van der Waals surface area (Å²) < 4.78 is 2.31. The number of nitrogens with zero attached hydrogens (tertiary/aromatic N) is 1. The van der Waals surface area contributed by atoms with Crippen molar-refractivity contribution in [3.8, 4) is 61.3 Å². The number of aromatic nitrogens is 2. The van der Waals surface area contributed by atoms with Crippen molar-refractivity contribution < 1.29 is 4.79 Å². The number of hydrogen-bond acceptors (Lipinski definition) is 1. The van der Waals surface area contributed by atoms with E-state index in [1.165, 1.54) is 22.3 Å². The van der Waals surface area contributed by atoms with Crippen molar-refractivity contribution in [2.24, 2.45) is 0 Å². The predicted octanol–water partition coefficient (Wildman–Crippen LogP) is 13.9. The molecule has 9 aromatic carbocycles. The molecule has 0 atom stereocenters. The Morgan fingerprint density at radius 3 is 1.83 bits per heavy atom. The molecule has 1 aliphatic rings. The van der Waals surface area contributed by atoms with Crippen LogP contribution in [0.15, 0.2) is 188 Å². The lowest BCUT2D eigenvalue weighted by Gasteiger charge is -2.13. The second-order valence-corrected chi connectivity index (χ2v) is 15.2. The van der Waals surface area contributed by atoms with E-state index in [4.69, 9.17) is 0 Å². The summed E-state index contributed by atoms with van der Waals surface area (Å²) in [6.45, 7) is 0. The van der Waals surface area contributed by atoms with E-state index >= 15 is 0 Å². The molecule has 0 spiro atoms. The number of ketones is 1. The lowest BCUT2D eigenvalue weighted by atomic mass is 9.93. The Morgan fingerprint density at radius 2 is 1.07 bits per heavy atom. The quantitative estimate of drug-likeness (QED) is 0.188. The van der Waals surface area contributed by atoms with Crippen LogP contribution in [0.2, 0.25) is 0 Å². The number of nitrogens with one attached hydrogen (secondary N) is 1. The molecule has 0 radical (unpaired) electrons. The molecule has 0 fully saturated rings. The zero-order valence-electron chi connectivity index (χ0n) is 31.3. The number of benzene rings is 8. The zero-order chi connectivity index (χ0) is 38.3. The van der Waals surface area contributed by atoms with Crippen LogP contribution in [0.1, 0.15) is 15.9 Å². The number of H-pyrrole nitrogens is 1. The largest absolute Gasteiger partial charge is 0.354 e. The summed E-state index contributed by atoms with van der Waals surface area (Å²) in [5.74, 6) is 0.0852. The van der Waals surface area contributed by atoms with E-state index in [1.54, 1.807) is 0 Å². The maximum absolute atomic E-state index is 13.6. The van der Waals surface area contributed by atoms with Gasteiger partial charge in [-0.3, -0.25) is 4.79 Å². The number of aromatic amines is 1. The Kier molecular flexibility index (Phi) is 6.99. The topological polar surface area (TPSA) is 37.8 Å². The number of rotatable bonds is 5. The molecule has 58 heavy (non-hydrogen) atoms. The number of hydrogen-bond donors (Lipinski definition) is 1. The normalized spacial score (nSPS) is 12.0. The standard InChI is InChI=1S/C55H32N2O/c58-55-47-20-8-7-18-43(47)45-24-25-46-48-32-37(22-26-50(48)56-54(46)53(45)55)38-23-27-52-49(33-38)44-19-9-10-21-51(44)57(52)42-17-11-16-36(31-42)41-29-39(34-12-3-1-4-13-34)28-40(30-41)35-14-5-2-6-15-35/h1-9,11-20,22-33,56H. The summed E-state index contributed by atoms with van der Waals surface area (Å²) >= 11 is 0. The average molecular weight is 737 g/mol. The third-order valence-corrected chi connectivity index (χ3v) is 11.9. The smallest absolute Gasteiger partial charge is 0.196 e. The van der Waals surface area contributed by atoms with Gasteiger partial charge >= 0.3 is 0 Å². The molecule has 1 N–H and O–H groups in total. The molecule has 0 unspecified atom stereocenters.